The molecule has 2 aliphatic rings. The van der Waals surface area contributed by atoms with Crippen LogP contribution in [0.15, 0.2) is 65.7 Å². The van der Waals surface area contributed by atoms with Crippen molar-refractivity contribution in [2.24, 2.45) is 22.6 Å². The number of carbonyl (C=O) groups is 3. The SMILES string of the molecule is COC(=O)N[C@@H](Cc1ccccc1)C(=O)NCCC[C@@H](CC1CC1)N1C(=O)[C@@](CC(C)C)(c2ccccc2)N=C1N. The number of benzene rings is 2. The lowest BCUT2D eigenvalue weighted by molar-refractivity contribution is -0.134. The van der Waals surface area contributed by atoms with Crippen molar-refractivity contribution in [3.63, 3.8) is 0 Å². The van der Waals surface area contributed by atoms with Gasteiger partial charge in [-0.3, -0.25) is 14.5 Å². The van der Waals surface area contributed by atoms with E-state index in [4.69, 9.17) is 15.5 Å². The van der Waals surface area contributed by atoms with Crippen LogP contribution in [0.25, 0.3) is 0 Å². The average molecular weight is 562 g/mol. The molecule has 1 fully saturated rings. The molecule has 0 saturated heterocycles. The van der Waals surface area contributed by atoms with Crippen molar-refractivity contribution in [2.75, 3.05) is 13.7 Å². The van der Waals surface area contributed by atoms with E-state index in [0.29, 0.717) is 38.1 Å². The molecule has 0 spiro atoms. The number of aliphatic imine (C=N–C) groups is 1. The molecule has 3 atom stereocenters. The van der Waals surface area contributed by atoms with Crippen molar-refractivity contribution in [1.29, 1.82) is 0 Å². The Balaban J connectivity index is 1.42. The van der Waals surface area contributed by atoms with Crippen LogP contribution >= 0.6 is 0 Å². The fourth-order valence-corrected chi connectivity index (χ4v) is 5.72. The molecule has 1 heterocycles. The maximum absolute atomic E-state index is 14.2. The number of methoxy groups -OCH3 is 1. The van der Waals surface area contributed by atoms with E-state index in [1.807, 2.05) is 60.7 Å². The van der Waals surface area contributed by atoms with E-state index in [1.165, 1.54) is 7.11 Å². The van der Waals surface area contributed by atoms with Gasteiger partial charge in [0.15, 0.2) is 11.5 Å². The number of nitrogens with zero attached hydrogens (tertiary/aromatic N) is 2. The number of alkyl carbamates (subject to hydrolysis) is 1. The van der Waals surface area contributed by atoms with E-state index in [-0.39, 0.29) is 29.7 Å². The fraction of sp³-hybridized carbons (Fsp3) is 0.500. The predicted molar refractivity (Wildman–Crippen MR) is 159 cm³/mol. The predicted octanol–water partition coefficient (Wildman–Crippen LogP) is 4.12. The topological polar surface area (TPSA) is 126 Å². The summed E-state index contributed by atoms with van der Waals surface area (Å²) >= 11 is 0. The maximum Gasteiger partial charge on any atom is 0.407 e. The van der Waals surface area contributed by atoms with Gasteiger partial charge < -0.3 is 21.1 Å². The Morgan fingerprint density at radius 2 is 1.76 bits per heavy atom. The summed E-state index contributed by atoms with van der Waals surface area (Å²) < 4.78 is 4.73. The molecule has 2 aromatic carbocycles. The van der Waals surface area contributed by atoms with Gasteiger partial charge in [0.25, 0.3) is 5.91 Å². The average Bonchev–Trinajstić information content (AvgIpc) is 3.75. The fourth-order valence-electron chi connectivity index (χ4n) is 5.72. The first-order chi connectivity index (χ1) is 19.7. The Kier molecular flexibility index (Phi) is 10.0. The van der Waals surface area contributed by atoms with Crippen LogP contribution in [0.1, 0.15) is 63.5 Å². The summed E-state index contributed by atoms with van der Waals surface area (Å²) in [5, 5.41) is 5.60. The highest BCUT2D eigenvalue weighted by Crippen LogP contribution is 2.42. The highest BCUT2D eigenvalue weighted by molar-refractivity contribution is 6.07. The van der Waals surface area contributed by atoms with E-state index in [9.17, 15) is 14.4 Å². The molecule has 0 aromatic heterocycles. The number of ether oxygens (including phenoxy) is 1. The zero-order valence-corrected chi connectivity index (χ0v) is 24.3. The van der Waals surface area contributed by atoms with Gasteiger partial charge in [-0.15, -0.1) is 0 Å². The second-order valence-electron chi connectivity index (χ2n) is 11.6. The minimum absolute atomic E-state index is 0.0604. The molecule has 3 amide bonds. The molecule has 9 heteroatoms. The van der Waals surface area contributed by atoms with Gasteiger partial charge in [-0.05, 0) is 48.6 Å². The Morgan fingerprint density at radius 1 is 1.10 bits per heavy atom. The van der Waals surface area contributed by atoms with Crippen LogP contribution in [0, 0.1) is 11.8 Å². The first-order valence-corrected chi connectivity index (χ1v) is 14.6. The largest absolute Gasteiger partial charge is 0.453 e. The van der Waals surface area contributed by atoms with Crippen LogP contribution in [0.5, 0.6) is 0 Å². The van der Waals surface area contributed by atoms with Gasteiger partial charge in [0.1, 0.15) is 6.04 Å². The van der Waals surface area contributed by atoms with Gasteiger partial charge in [0, 0.05) is 19.0 Å². The lowest BCUT2D eigenvalue weighted by Crippen LogP contribution is -2.50. The molecule has 9 nitrogen and oxygen atoms in total. The van der Waals surface area contributed by atoms with E-state index in [2.05, 4.69) is 24.5 Å². The Labute approximate surface area is 242 Å². The summed E-state index contributed by atoms with van der Waals surface area (Å²) in [6, 6.07) is 18.4. The molecule has 220 valence electrons. The normalized spacial score (nSPS) is 20.0. The molecule has 0 bridgehead atoms. The highest BCUT2D eigenvalue weighted by Gasteiger charge is 2.51. The van der Waals surface area contributed by atoms with Crippen molar-refractivity contribution < 1.29 is 19.1 Å². The third-order valence-corrected chi connectivity index (χ3v) is 7.84. The minimum Gasteiger partial charge on any atom is -0.453 e. The van der Waals surface area contributed by atoms with E-state index >= 15 is 0 Å². The molecule has 2 aromatic rings. The van der Waals surface area contributed by atoms with Gasteiger partial charge >= 0.3 is 6.09 Å². The van der Waals surface area contributed by atoms with Crippen molar-refractivity contribution in [3.05, 3.63) is 71.8 Å². The number of carbonyl (C=O) groups excluding carboxylic acids is 3. The summed E-state index contributed by atoms with van der Waals surface area (Å²) in [6.07, 6.45) is 4.77. The van der Waals surface area contributed by atoms with Crippen molar-refractivity contribution in [1.82, 2.24) is 15.5 Å². The van der Waals surface area contributed by atoms with Crippen LogP contribution in [0.4, 0.5) is 4.79 Å². The molecular weight excluding hydrogens is 518 g/mol. The highest BCUT2D eigenvalue weighted by atomic mass is 16.5. The van der Waals surface area contributed by atoms with Gasteiger partial charge in [0.2, 0.25) is 5.91 Å². The van der Waals surface area contributed by atoms with Gasteiger partial charge in [-0.2, -0.15) is 0 Å². The quantitative estimate of drug-likeness (QED) is 0.299. The lowest BCUT2D eigenvalue weighted by Gasteiger charge is -2.32. The zero-order valence-electron chi connectivity index (χ0n) is 24.3. The molecule has 4 N–H and O–H groups in total. The summed E-state index contributed by atoms with van der Waals surface area (Å²) in [4.78, 5) is 45.7. The molecule has 1 saturated carbocycles. The smallest absolute Gasteiger partial charge is 0.407 e. The number of rotatable bonds is 14. The van der Waals surface area contributed by atoms with Crippen LogP contribution < -0.4 is 16.4 Å². The molecular formula is C32H43N5O4. The third-order valence-electron chi connectivity index (χ3n) is 7.84. The van der Waals surface area contributed by atoms with Crippen LogP contribution in [0.3, 0.4) is 0 Å². The van der Waals surface area contributed by atoms with Crippen LogP contribution in [-0.4, -0.2) is 54.5 Å². The Hall–Kier alpha value is -3.88. The monoisotopic (exact) mass is 561 g/mol. The lowest BCUT2D eigenvalue weighted by atomic mass is 9.82. The van der Waals surface area contributed by atoms with Gasteiger partial charge in [-0.25, -0.2) is 9.79 Å². The minimum atomic E-state index is -1.01. The molecule has 41 heavy (non-hydrogen) atoms. The van der Waals surface area contributed by atoms with Gasteiger partial charge in [0.05, 0.1) is 7.11 Å². The second kappa shape index (κ2) is 13.7. The number of hydrogen-bond acceptors (Lipinski definition) is 6. The van der Waals surface area contributed by atoms with E-state index < -0.39 is 17.7 Å². The summed E-state index contributed by atoms with van der Waals surface area (Å²) in [5.41, 5.74) is 7.29. The van der Waals surface area contributed by atoms with E-state index in [0.717, 1.165) is 30.4 Å². The summed E-state index contributed by atoms with van der Waals surface area (Å²) in [7, 11) is 1.27. The molecule has 0 unspecified atom stereocenters. The Bertz CT molecular complexity index is 1220. The maximum atomic E-state index is 14.2. The number of amides is 3. The molecule has 1 aliphatic carbocycles. The number of nitrogens with two attached hydrogens (primary N) is 1. The first kappa shape index (κ1) is 30.1. The summed E-state index contributed by atoms with van der Waals surface area (Å²) in [5.74, 6) is 0.757. The zero-order chi connectivity index (χ0) is 29.4. The molecule has 4 rings (SSSR count). The number of nitrogens with one attached hydrogen (secondary N) is 2. The van der Waals surface area contributed by atoms with Crippen LogP contribution in [0.2, 0.25) is 0 Å². The van der Waals surface area contributed by atoms with Crippen molar-refractivity contribution in [3.8, 4) is 0 Å². The Morgan fingerprint density at radius 3 is 2.37 bits per heavy atom. The van der Waals surface area contributed by atoms with E-state index in [1.54, 1.807) is 4.90 Å². The number of hydrogen-bond donors (Lipinski definition) is 3. The summed E-state index contributed by atoms with van der Waals surface area (Å²) in [6.45, 7) is 4.59. The van der Waals surface area contributed by atoms with Gasteiger partial charge in [-0.1, -0.05) is 87.4 Å². The second-order valence-corrected chi connectivity index (χ2v) is 11.6. The number of guanidine groups is 1. The van der Waals surface area contributed by atoms with Crippen molar-refractivity contribution in [2.45, 2.75) is 76.4 Å². The molecule has 0 radical (unpaired) electrons. The van der Waals surface area contributed by atoms with Crippen molar-refractivity contribution >= 4 is 23.9 Å². The van der Waals surface area contributed by atoms with Crippen LogP contribution in [-0.2, 0) is 26.3 Å². The first-order valence-electron chi connectivity index (χ1n) is 14.6. The standard InChI is InChI=1S/C32H43N5O4/c1-22(2)21-32(25-13-8-5-9-14-25)29(39)37(30(33)36-32)26(19-24-16-17-24)15-10-18-34-28(38)27(35-31(40)41-3)20-23-11-6-4-7-12-23/h4-9,11-14,22,24,26-27H,10,15-21H2,1-3H3,(H2,33,36)(H,34,38)(H,35,40)/t26-,27-,32+/m0/s1. The third kappa shape index (κ3) is 7.65. The molecule has 1 aliphatic heterocycles.